The summed E-state index contributed by atoms with van der Waals surface area (Å²) < 4.78 is 11.1. The van der Waals surface area contributed by atoms with Gasteiger partial charge in [-0.2, -0.15) is 4.98 Å². The highest BCUT2D eigenvalue weighted by atomic mass is 16.5. The summed E-state index contributed by atoms with van der Waals surface area (Å²) in [6.45, 7) is 1.51. The molecule has 6 heteroatoms. The van der Waals surface area contributed by atoms with Crippen LogP contribution < -0.4 is 9.47 Å². The van der Waals surface area contributed by atoms with Gasteiger partial charge in [0.25, 0.3) is 0 Å². The molecule has 5 aliphatic rings. The molecule has 1 unspecified atom stereocenters. The Labute approximate surface area is 167 Å². The summed E-state index contributed by atoms with van der Waals surface area (Å²) >= 11 is 0. The van der Waals surface area contributed by atoms with Crippen molar-refractivity contribution in [3.05, 3.63) is 12.4 Å². The molecule has 1 aromatic heterocycles. The molecule has 1 amide bonds. The van der Waals surface area contributed by atoms with E-state index in [2.05, 4.69) is 9.97 Å². The van der Waals surface area contributed by atoms with Gasteiger partial charge in [0.1, 0.15) is 6.10 Å². The monoisotopic (exact) mass is 385 g/mol. The van der Waals surface area contributed by atoms with Crippen LogP contribution in [0.1, 0.15) is 57.8 Å². The van der Waals surface area contributed by atoms with Gasteiger partial charge in [-0.25, -0.2) is 0 Å². The molecular weight excluding hydrogens is 354 g/mol. The summed E-state index contributed by atoms with van der Waals surface area (Å²) in [6.07, 6.45) is 14.0. The molecule has 0 N–H and O–H groups in total. The lowest BCUT2D eigenvalue weighted by Gasteiger charge is -2.57. The number of hydrogen-bond acceptors (Lipinski definition) is 5. The fourth-order valence-corrected chi connectivity index (χ4v) is 6.86. The zero-order valence-corrected chi connectivity index (χ0v) is 16.8. The van der Waals surface area contributed by atoms with Crippen molar-refractivity contribution in [2.24, 2.45) is 23.2 Å². The average Bonchev–Trinajstić information content (AvgIpc) is 2.67. The Morgan fingerprint density at radius 3 is 2.50 bits per heavy atom. The van der Waals surface area contributed by atoms with Crippen molar-refractivity contribution in [1.82, 2.24) is 14.9 Å². The average molecular weight is 386 g/mol. The van der Waals surface area contributed by atoms with Crippen molar-refractivity contribution in [3.8, 4) is 11.8 Å². The Morgan fingerprint density at radius 2 is 1.82 bits per heavy atom. The van der Waals surface area contributed by atoms with Crippen molar-refractivity contribution in [2.45, 2.75) is 63.9 Å². The lowest BCUT2D eigenvalue weighted by molar-refractivity contribution is -0.142. The van der Waals surface area contributed by atoms with E-state index in [1.54, 1.807) is 19.5 Å². The normalized spacial score (nSPS) is 36.4. The third kappa shape index (κ3) is 3.58. The van der Waals surface area contributed by atoms with Gasteiger partial charge in [0, 0.05) is 13.0 Å². The summed E-state index contributed by atoms with van der Waals surface area (Å²) in [4.78, 5) is 23.6. The van der Waals surface area contributed by atoms with Crippen LogP contribution in [0.5, 0.6) is 11.8 Å². The zero-order chi connectivity index (χ0) is 19.1. The molecule has 1 atom stereocenters. The molecule has 5 fully saturated rings. The predicted octanol–water partition coefficient (Wildman–Crippen LogP) is 3.46. The van der Waals surface area contributed by atoms with Gasteiger partial charge in [0.05, 0.1) is 26.0 Å². The summed E-state index contributed by atoms with van der Waals surface area (Å²) in [6, 6.07) is 0. The van der Waals surface area contributed by atoms with E-state index in [4.69, 9.17) is 9.47 Å². The van der Waals surface area contributed by atoms with Gasteiger partial charge in [-0.1, -0.05) is 0 Å². The van der Waals surface area contributed by atoms with Gasteiger partial charge in [-0.15, -0.1) is 0 Å². The molecule has 4 bridgehead atoms. The Balaban J connectivity index is 1.21. The quantitative estimate of drug-likeness (QED) is 0.777. The molecule has 4 saturated carbocycles. The largest absolute Gasteiger partial charge is 0.480 e. The number of ether oxygens (including phenoxy) is 2. The predicted molar refractivity (Wildman–Crippen MR) is 104 cm³/mol. The second kappa shape index (κ2) is 7.20. The van der Waals surface area contributed by atoms with Gasteiger partial charge in [0.15, 0.2) is 0 Å². The number of hydrogen-bond donors (Lipinski definition) is 0. The van der Waals surface area contributed by atoms with Crippen LogP contribution in [-0.2, 0) is 4.79 Å². The maximum atomic E-state index is 13.2. The summed E-state index contributed by atoms with van der Waals surface area (Å²) in [5, 5.41) is 0. The SMILES string of the molecule is COc1cncc(OC2CCCN(C(=O)CC34CC5CC(CC(C5)C3)C4)C2)n1. The highest BCUT2D eigenvalue weighted by molar-refractivity contribution is 5.77. The number of amides is 1. The first-order valence-corrected chi connectivity index (χ1v) is 10.9. The number of aromatic nitrogens is 2. The molecular formula is C22H31N3O3. The van der Waals surface area contributed by atoms with Crippen molar-refractivity contribution < 1.29 is 14.3 Å². The number of rotatable bonds is 5. The molecule has 1 saturated heterocycles. The standard InChI is InChI=1S/C22H31N3O3/c1-27-19-12-23-13-20(24-19)28-18-3-2-4-25(14-18)21(26)11-22-8-15-5-16(9-22)7-17(6-15)10-22/h12-13,15-18H,2-11,14H2,1H3. The molecule has 2 heterocycles. The Bertz CT molecular complexity index is 702. The maximum Gasteiger partial charge on any atom is 0.235 e. The van der Waals surface area contributed by atoms with E-state index < -0.39 is 0 Å². The second-order valence-electron chi connectivity index (χ2n) is 9.72. The number of piperidine rings is 1. The highest BCUT2D eigenvalue weighted by Crippen LogP contribution is 2.61. The van der Waals surface area contributed by atoms with Crippen LogP contribution >= 0.6 is 0 Å². The van der Waals surface area contributed by atoms with Crippen molar-refractivity contribution in [2.75, 3.05) is 20.2 Å². The Hall–Kier alpha value is -1.85. The van der Waals surface area contributed by atoms with Gasteiger partial charge in [-0.05, 0) is 74.5 Å². The van der Waals surface area contributed by atoms with Crippen LogP contribution in [0.4, 0.5) is 0 Å². The van der Waals surface area contributed by atoms with E-state index in [-0.39, 0.29) is 6.10 Å². The minimum Gasteiger partial charge on any atom is -0.480 e. The maximum absolute atomic E-state index is 13.2. The summed E-state index contributed by atoms with van der Waals surface area (Å²) in [7, 11) is 1.57. The van der Waals surface area contributed by atoms with E-state index in [0.29, 0.717) is 29.6 Å². The van der Waals surface area contributed by atoms with E-state index >= 15 is 0 Å². The van der Waals surface area contributed by atoms with E-state index in [1.807, 2.05) is 4.90 Å². The van der Waals surface area contributed by atoms with Crippen LogP contribution in [0.25, 0.3) is 0 Å². The first-order valence-electron chi connectivity index (χ1n) is 10.9. The number of nitrogens with zero attached hydrogens (tertiary/aromatic N) is 3. The first kappa shape index (κ1) is 18.2. The first-order chi connectivity index (χ1) is 13.6. The fourth-order valence-electron chi connectivity index (χ4n) is 6.86. The summed E-state index contributed by atoms with van der Waals surface area (Å²) in [5.41, 5.74) is 0.303. The lowest BCUT2D eigenvalue weighted by atomic mass is 9.49. The number of likely N-dealkylation sites (tertiary alicyclic amines) is 1. The number of carbonyl (C=O) groups excluding carboxylic acids is 1. The van der Waals surface area contributed by atoms with Crippen molar-refractivity contribution >= 4 is 5.91 Å². The third-order valence-electron chi connectivity index (χ3n) is 7.51. The van der Waals surface area contributed by atoms with Gasteiger partial charge < -0.3 is 14.4 Å². The molecule has 1 aromatic rings. The highest BCUT2D eigenvalue weighted by Gasteiger charge is 2.51. The molecule has 6 rings (SSSR count). The van der Waals surface area contributed by atoms with Crippen molar-refractivity contribution in [3.63, 3.8) is 0 Å². The molecule has 6 nitrogen and oxygen atoms in total. The van der Waals surface area contributed by atoms with Gasteiger partial charge in [0.2, 0.25) is 17.7 Å². The minimum absolute atomic E-state index is 0.0181. The molecule has 0 spiro atoms. The number of methoxy groups -OCH3 is 1. The van der Waals surface area contributed by atoms with Crippen LogP contribution in [0.15, 0.2) is 12.4 Å². The molecule has 0 aromatic carbocycles. The fraction of sp³-hybridized carbons (Fsp3) is 0.773. The summed E-state index contributed by atoms with van der Waals surface area (Å²) in [5.74, 6) is 3.93. The van der Waals surface area contributed by atoms with Crippen LogP contribution in [0.2, 0.25) is 0 Å². The molecule has 0 radical (unpaired) electrons. The van der Waals surface area contributed by atoms with E-state index in [1.165, 1.54) is 38.5 Å². The van der Waals surface area contributed by atoms with Crippen LogP contribution in [0, 0.1) is 23.2 Å². The second-order valence-corrected chi connectivity index (χ2v) is 9.72. The van der Waals surface area contributed by atoms with E-state index in [9.17, 15) is 4.79 Å². The Morgan fingerprint density at radius 1 is 1.14 bits per heavy atom. The molecule has 1 aliphatic heterocycles. The van der Waals surface area contributed by atoms with E-state index in [0.717, 1.165) is 43.6 Å². The third-order valence-corrected chi connectivity index (χ3v) is 7.51. The van der Waals surface area contributed by atoms with Crippen LogP contribution in [-0.4, -0.2) is 47.1 Å². The molecule has 152 valence electrons. The molecule has 4 aliphatic carbocycles. The van der Waals surface area contributed by atoms with Gasteiger partial charge >= 0.3 is 0 Å². The Kier molecular flexibility index (Phi) is 4.68. The number of carbonyl (C=O) groups is 1. The van der Waals surface area contributed by atoms with Gasteiger partial charge in [-0.3, -0.25) is 9.78 Å². The topological polar surface area (TPSA) is 64.6 Å². The van der Waals surface area contributed by atoms with Crippen LogP contribution in [0.3, 0.4) is 0 Å². The lowest BCUT2D eigenvalue weighted by Crippen LogP contribution is -2.50. The minimum atomic E-state index is -0.0181. The smallest absolute Gasteiger partial charge is 0.235 e. The van der Waals surface area contributed by atoms with Crippen molar-refractivity contribution in [1.29, 1.82) is 0 Å². The molecule has 28 heavy (non-hydrogen) atoms. The zero-order valence-electron chi connectivity index (χ0n) is 16.8.